The van der Waals surface area contributed by atoms with Crippen molar-refractivity contribution in [3.8, 4) is 0 Å². The zero-order valence-electron chi connectivity index (χ0n) is 12.3. The Balaban J connectivity index is 1.89. The van der Waals surface area contributed by atoms with Gasteiger partial charge in [0.05, 0.1) is 17.1 Å². The predicted octanol–water partition coefficient (Wildman–Crippen LogP) is 3.66. The molecule has 3 aromatic rings. The summed E-state index contributed by atoms with van der Waals surface area (Å²) in [6, 6.07) is 6.27. The number of amides is 1. The summed E-state index contributed by atoms with van der Waals surface area (Å²) in [5, 5.41) is 9.59. The van der Waals surface area contributed by atoms with Crippen LogP contribution in [-0.2, 0) is 12.2 Å². The Morgan fingerprint density at radius 1 is 1.40 bits per heavy atom. The van der Waals surface area contributed by atoms with Gasteiger partial charge in [0.15, 0.2) is 0 Å². The van der Waals surface area contributed by atoms with Crippen molar-refractivity contribution in [1.82, 2.24) is 15.5 Å². The molecule has 3 rings (SSSR count). The topological polar surface area (TPSA) is 98.2 Å². The molecule has 0 aliphatic heterocycles. The van der Waals surface area contributed by atoms with Gasteiger partial charge in [-0.3, -0.25) is 9.89 Å². The first kappa shape index (κ1) is 18.3. The van der Waals surface area contributed by atoms with Gasteiger partial charge in [-0.15, -0.1) is 11.3 Å². The number of aromatic nitrogens is 2. The van der Waals surface area contributed by atoms with Crippen LogP contribution in [0.5, 0.6) is 0 Å². The van der Waals surface area contributed by atoms with E-state index < -0.39 is 18.9 Å². The van der Waals surface area contributed by atoms with Gasteiger partial charge in [0.1, 0.15) is 0 Å². The van der Waals surface area contributed by atoms with Gasteiger partial charge in [-0.05, 0) is 40.2 Å². The average Bonchev–Trinajstić information content (AvgIpc) is 3.20. The number of aromatic amines is 1. The minimum atomic E-state index is -3.75. The van der Waals surface area contributed by atoms with Crippen LogP contribution >= 0.6 is 35.6 Å². The molecule has 0 bridgehead atoms. The molecular formula is C14H11BrF2N3O3PS. The van der Waals surface area contributed by atoms with Crippen molar-refractivity contribution in [1.29, 1.82) is 0 Å². The molecule has 0 saturated heterocycles. The second kappa shape index (κ2) is 7.05. The molecule has 0 fully saturated rings. The fraction of sp³-hybridized carbons (Fsp3) is 0.143. The number of hydrogen-bond donors (Lipinski definition) is 4. The van der Waals surface area contributed by atoms with Crippen LogP contribution in [0.4, 0.5) is 8.78 Å². The summed E-state index contributed by atoms with van der Waals surface area (Å²) in [5.41, 5.74) is -2.72. The summed E-state index contributed by atoms with van der Waals surface area (Å²) in [4.78, 5) is 29.7. The molecule has 25 heavy (non-hydrogen) atoms. The minimum absolute atomic E-state index is 0.0521. The molecule has 6 nitrogen and oxygen atoms in total. The van der Waals surface area contributed by atoms with Gasteiger partial charge in [0.2, 0.25) is 8.38 Å². The van der Waals surface area contributed by atoms with Crippen LogP contribution in [0, 0.1) is 0 Å². The first-order chi connectivity index (χ1) is 11.8. The van der Waals surface area contributed by atoms with E-state index in [2.05, 4.69) is 31.4 Å². The smallest absolute Gasteiger partial charge is 0.346 e. The third kappa shape index (κ3) is 3.58. The molecule has 2 heterocycles. The average molecular weight is 450 g/mol. The number of hydrogen-bond acceptors (Lipinski definition) is 5. The number of fused-ring (bicyclic) bond motifs is 1. The molecule has 132 valence electrons. The lowest BCUT2D eigenvalue weighted by Crippen LogP contribution is -2.22. The van der Waals surface area contributed by atoms with E-state index in [1.54, 1.807) is 18.3 Å². The monoisotopic (exact) mass is 449 g/mol. The first-order valence-corrected chi connectivity index (χ1v) is 9.71. The van der Waals surface area contributed by atoms with Crippen LogP contribution in [0.3, 0.4) is 0 Å². The summed E-state index contributed by atoms with van der Waals surface area (Å²) in [6.07, 6.45) is 1.56. The van der Waals surface area contributed by atoms with Crippen LogP contribution in [0.2, 0.25) is 0 Å². The van der Waals surface area contributed by atoms with E-state index in [-0.39, 0.29) is 16.9 Å². The molecule has 11 heteroatoms. The lowest BCUT2D eigenvalue weighted by atomic mass is 10.1. The van der Waals surface area contributed by atoms with E-state index in [0.717, 1.165) is 17.0 Å². The highest BCUT2D eigenvalue weighted by Crippen LogP contribution is 2.57. The Bertz CT molecular complexity index is 918. The number of halogens is 3. The van der Waals surface area contributed by atoms with Gasteiger partial charge >= 0.3 is 5.66 Å². The quantitative estimate of drug-likeness (QED) is 0.446. The number of carbonyl (C=O) groups is 1. The zero-order chi connectivity index (χ0) is 18.2. The lowest BCUT2D eigenvalue weighted by molar-refractivity contribution is 0.0766. The summed E-state index contributed by atoms with van der Waals surface area (Å²) in [6.45, 7) is 0.254. The fourth-order valence-corrected chi connectivity index (χ4v) is 4.88. The maximum absolute atomic E-state index is 13.9. The number of H-pyrrole nitrogens is 1. The highest BCUT2D eigenvalue weighted by Gasteiger charge is 2.44. The molecule has 0 saturated carbocycles. The van der Waals surface area contributed by atoms with Crippen molar-refractivity contribution in [2.75, 3.05) is 0 Å². The van der Waals surface area contributed by atoms with Crippen LogP contribution in [0.25, 0.3) is 10.1 Å². The maximum Gasteiger partial charge on any atom is 0.349 e. The molecule has 0 aliphatic carbocycles. The summed E-state index contributed by atoms with van der Waals surface area (Å²) < 4.78 is 28.4. The van der Waals surface area contributed by atoms with Gasteiger partial charge in [0, 0.05) is 26.3 Å². The number of nitrogens with one attached hydrogen (secondary N) is 2. The van der Waals surface area contributed by atoms with E-state index in [9.17, 15) is 13.6 Å². The largest absolute Gasteiger partial charge is 0.349 e. The molecular weight excluding hydrogens is 439 g/mol. The van der Waals surface area contributed by atoms with Gasteiger partial charge in [-0.1, -0.05) is 0 Å². The van der Waals surface area contributed by atoms with E-state index >= 15 is 0 Å². The van der Waals surface area contributed by atoms with E-state index in [4.69, 9.17) is 9.79 Å². The normalized spacial score (nSPS) is 12.1. The van der Waals surface area contributed by atoms with Crippen LogP contribution in [0.15, 0.2) is 34.9 Å². The third-order valence-electron chi connectivity index (χ3n) is 3.41. The molecule has 4 N–H and O–H groups in total. The number of carbonyl (C=O) groups excluding carboxylic acids is 1. The molecule has 0 spiro atoms. The van der Waals surface area contributed by atoms with Crippen LogP contribution in [0.1, 0.15) is 20.9 Å². The Morgan fingerprint density at radius 3 is 2.80 bits per heavy atom. The molecule has 1 aromatic carbocycles. The maximum atomic E-state index is 13.9. The number of benzene rings is 1. The summed E-state index contributed by atoms with van der Waals surface area (Å²) >= 11 is 3.83. The lowest BCUT2D eigenvalue weighted by Gasteiger charge is -2.15. The Morgan fingerprint density at radius 2 is 2.16 bits per heavy atom. The second-order valence-electron chi connectivity index (χ2n) is 5.05. The van der Waals surface area contributed by atoms with Gasteiger partial charge in [-0.25, -0.2) is 0 Å². The Hall–Kier alpha value is -1.45. The van der Waals surface area contributed by atoms with Crippen LogP contribution < -0.4 is 5.32 Å². The molecule has 0 unspecified atom stereocenters. The number of rotatable bonds is 5. The van der Waals surface area contributed by atoms with Crippen molar-refractivity contribution in [2.45, 2.75) is 12.2 Å². The molecule has 2 aromatic heterocycles. The zero-order valence-corrected chi connectivity index (χ0v) is 15.6. The SMILES string of the molecule is O=C(NCc1ccn[nH]1)c1ccc2sc(C(F)(F)P(O)O)c(Br)c2c1. The number of thiophene rings is 1. The van der Waals surface area contributed by atoms with Crippen molar-refractivity contribution >= 4 is 51.6 Å². The fourth-order valence-electron chi connectivity index (χ4n) is 2.15. The summed E-state index contributed by atoms with van der Waals surface area (Å²) in [7, 11) is -3.46. The van der Waals surface area contributed by atoms with Gasteiger partial charge in [0.25, 0.3) is 5.91 Å². The molecule has 0 radical (unpaired) electrons. The standard InChI is InChI=1S/C14H11BrF2N3O3PS/c15-11-9-5-7(13(21)18-6-8-3-4-19-20-8)1-2-10(9)25-12(11)14(16,17)24(22)23/h1-5,22-23H,6H2,(H,18,21)(H,19,20). The second-order valence-corrected chi connectivity index (χ2v) is 8.04. The van der Waals surface area contributed by atoms with Crippen molar-refractivity contribution in [3.05, 3.63) is 51.1 Å². The van der Waals surface area contributed by atoms with Crippen molar-refractivity contribution < 1.29 is 23.4 Å². The molecule has 0 atom stereocenters. The van der Waals surface area contributed by atoms with Crippen molar-refractivity contribution in [2.24, 2.45) is 0 Å². The highest BCUT2D eigenvalue weighted by molar-refractivity contribution is 9.10. The summed E-state index contributed by atoms with van der Waals surface area (Å²) in [5.74, 6) is -0.366. The number of alkyl halides is 2. The van der Waals surface area contributed by atoms with E-state index in [0.29, 0.717) is 15.6 Å². The van der Waals surface area contributed by atoms with Crippen LogP contribution in [-0.4, -0.2) is 25.9 Å². The minimum Gasteiger partial charge on any atom is -0.346 e. The van der Waals surface area contributed by atoms with Gasteiger partial charge < -0.3 is 15.1 Å². The van der Waals surface area contributed by atoms with Gasteiger partial charge in [-0.2, -0.15) is 13.9 Å². The van der Waals surface area contributed by atoms with E-state index in [1.807, 2.05) is 0 Å². The number of nitrogens with zero attached hydrogens (tertiary/aromatic N) is 1. The van der Waals surface area contributed by atoms with Crippen molar-refractivity contribution in [3.63, 3.8) is 0 Å². The first-order valence-electron chi connectivity index (χ1n) is 6.85. The molecule has 0 aliphatic rings. The highest BCUT2D eigenvalue weighted by atomic mass is 79.9. The Kier molecular flexibility index (Phi) is 5.17. The van der Waals surface area contributed by atoms with E-state index in [1.165, 1.54) is 12.1 Å². The third-order valence-corrected chi connectivity index (χ3v) is 6.62. The Labute approximate surface area is 153 Å². The molecule has 1 amide bonds. The predicted molar refractivity (Wildman–Crippen MR) is 94.5 cm³/mol.